The Morgan fingerprint density at radius 1 is 1.44 bits per heavy atom. The van der Waals surface area contributed by atoms with Gasteiger partial charge in [0.15, 0.2) is 0 Å². The predicted molar refractivity (Wildman–Crippen MR) is 61.7 cm³/mol. The van der Waals surface area contributed by atoms with E-state index in [1.54, 1.807) is 6.20 Å². The Morgan fingerprint density at radius 2 is 2.31 bits per heavy atom. The van der Waals surface area contributed by atoms with Gasteiger partial charge in [-0.05, 0) is 13.8 Å². The quantitative estimate of drug-likeness (QED) is 0.800. The molecule has 5 heteroatoms. The molecule has 16 heavy (non-hydrogen) atoms. The van der Waals surface area contributed by atoms with Gasteiger partial charge in [-0.15, -0.1) is 0 Å². The highest BCUT2D eigenvalue weighted by Gasteiger charge is 2.04. The minimum Gasteiger partial charge on any atom is -0.348 e. The minimum absolute atomic E-state index is 0.447. The highest BCUT2D eigenvalue weighted by molar-refractivity contribution is 4.99. The summed E-state index contributed by atoms with van der Waals surface area (Å²) in [6, 6.07) is 0.447. The van der Waals surface area contributed by atoms with Crippen LogP contribution in [0.25, 0.3) is 0 Å². The fourth-order valence-electron chi connectivity index (χ4n) is 1.64. The molecule has 0 aliphatic rings. The van der Waals surface area contributed by atoms with Crippen LogP contribution in [0.5, 0.6) is 0 Å². The number of hydrogen-bond donors (Lipinski definition) is 2. The molecule has 0 bridgehead atoms. The average molecular weight is 219 g/mol. The molecule has 0 aliphatic heterocycles. The van der Waals surface area contributed by atoms with Crippen LogP contribution in [-0.4, -0.2) is 19.5 Å². The number of imidazole rings is 2. The lowest BCUT2D eigenvalue weighted by molar-refractivity contribution is 0.547. The first-order valence-corrected chi connectivity index (χ1v) is 5.47. The molecule has 2 heterocycles. The third-order valence-electron chi connectivity index (χ3n) is 2.46. The number of rotatable bonds is 5. The van der Waals surface area contributed by atoms with Gasteiger partial charge >= 0.3 is 0 Å². The van der Waals surface area contributed by atoms with Crippen molar-refractivity contribution in [1.29, 1.82) is 0 Å². The summed E-state index contributed by atoms with van der Waals surface area (Å²) in [6.07, 6.45) is 7.36. The van der Waals surface area contributed by atoms with Gasteiger partial charge in [0.2, 0.25) is 0 Å². The van der Waals surface area contributed by atoms with E-state index in [-0.39, 0.29) is 0 Å². The van der Waals surface area contributed by atoms with E-state index in [0.717, 1.165) is 18.9 Å². The Balaban J connectivity index is 1.87. The van der Waals surface area contributed by atoms with Crippen molar-refractivity contribution in [2.75, 3.05) is 0 Å². The van der Waals surface area contributed by atoms with E-state index in [2.05, 4.69) is 38.7 Å². The summed E-state index contributed by atoms with van der Waals surface area (Å²) in [6.45, 7) is 5.85. The van der Waals surface area contributed by atoms with Crippen LogP contribution in [-0.2, 0) is 13.1 Å². The Hall–Kier alpha value is -1.62. The molecule has 0 atom stereocenters. The van der Waals surface area contributed by atoms with Gasteiger partial charge < -0.3 is 14.9 Å². The molecule has 2 rings (SSSR count). The second-order valence-electron chi connectivity index (χ2n) is 4.03. The van der Waals surface area contributed by atoms with Gasteiger partial charge in [0.25, 0.3) is 0 Å². The summed E-state index contributed by atoms with van der Waals surface area (Å²) >= 11 is 0. The van der Waals surface area contributed by atoms with E-state index in [0.29, 0.717) is 6.04 Å². The number of H-pyrrole nitrogens is 1. The molecule has 0 spiro atoms. The Labute approximate surface area is 94.9 Å². The second kappa shape index (κ2) is 4.94. The second-order valence-corrected chi connectivity index (χ2v) is 4.03. The molecule has 0 aromatic carbocycles. The van der Waals surface area contributed by atoms with Crippen molar-refractivity contribution in [3.63, 3.8) is 0 Å². The summed E-state index contributed by atoms with van der Waals surface area (Å²) in [5, 5.41) is 3.33. The molecule has 0 unspecified atom stereocenters. The maximum atomic E-state index is 4.16. The standard InChI is InChI=1S/C11H17N5/c1-9(2)16-8-13-6-10(16)5-12-7-11-14-3-4-15-11/h3-4,6,8-9,12H,5,7H2,1-2H3,(H,14,15). The Morgan fingerprint density at radius 3 is 3.00 bits per heavy atom. The zero-order valence-electron chi connectivity index (χ0n) is 9.64. The van der Waals surface area contributed by atoms with Crippen LogP contribution in [0, 0.1) is 0 Å². The van der Waals surface area contributed by atoms with E-state index in [9.17, 15) is 0 Å². The molecule has 2 aromatic rings. The van der Waals surface area contributed by atoms with Gasteiger partial charge in [0.1, 0.15) is 5.82 Å². The van der Waals surface area contributed by atoms with Gasteiger partial charge in [0, 0.05) is 31.2 Å². The molecule has 0 aliphatic carbocycles. The van der Waals surface area contributed by atoms with Crippen LogP contribution >= 0.6 is 0 Å². The van der Waals surface area contributed by atoms with Gasteiger partial charge in [-0.1, -0.05) is 0 Å². The van der Waals surface area contributed by atoms with E-state index in [1.165, 1.54) is 5.69 Å². The molecular weight excluding hydrogens is 202 g/mol. The molecule has 5 nitrogen and oxygen atoms in total. The molecule has 0 saturated carbocycles. The number of aromatic nitrogens is 4. The molecule has 86 valence electrons. The number of nitrogens with one attached hydrogen (secondary N) is 2. The lowest BCUT2D eigenvalue weighted by Gasteiger charge is -2.11. The first-order valence-electron chi connectivity index (χ1n) is 5.47. The molecule has 0 saturated heterocycles. The SMILES string of the molecule is CC(C)n1cncc1CNCc1ncc[nH]1. The minimum atomic E-state index is 0.447. The van der Waals surface area contributed by atoms with Crippen molar-refractivity contribution >= 4 is 0 Å². The van der Waals surface area contributed by atoms with E-state index in [4.69, 9.17) is 0 Å². The summed E-state index contributed by atoms with van der Waals surface area (Å²) in [7, 11) is 0. The van der Waals surface area contributed by atoms with Crippen molar-refractivity contribution in [1.82, 2.24) is 24.8 Å². The highest BCUT2D eigenvalue weighted by atomic mass is 15.1. The number of nitrogens with zero attached hydrogens (tertiary/aromatic N) is 3. The smallest absolute Gasteiger partial charge is 0.120 e. The lowest BCUT2D eigenvalue weighted by Crippen LogP contribution is -2.17. The molecule has 2 aromatic heterocycles. The topological polar surface area (TPSA) is 58.5 Å². The summed E-state index contributed by atoms with van der Waals surface area (Å²) in [5.74, 6) is 0.954. The molecule has 0 radical (unpaired) electrons. The lowest BCUT2D eigenvalue weighted by atomic mass is 10.3. The molecular formula is C11H17N5. The normalized spacial score (nSPS) is 11.2. The highest BCUT2D eigenvalue weighted by Crippen LogP contribution is 2.08. The largest absolute Gasteiger partial charge is 0.348 e. The number of aromatic amines is 1. The fraction of sp³-hybridized carbons (Fsp3) is 0.455. The Kier molecular flexibility index (Phi) is 3.36. The van der Waals surface area contributed by atoms with Crippen LogP contribution in [0.4, 0.5) is 0 Å². The third-order valence-corrected chi connectivity index (χ3v) is 2.46. The Bertz CT molecular complexity index is 415. The fourth-order valence-corrected chi connectivity index (χ4v) is 1.64. The van der Waals surface area contributed by atoms with Crippen molar-refractivity contribution in [2.45, 2.75) is 33.0 Å². The van der Waals surface area contributed by atoms with Crippen LogP contribution in [0.2, 0.25) is 0 Å². The van der Waals surface area contributed by atoms with Crippen molar-refractivity contribution < 1.29 is 0 Å². The van der Waals surface area contributed by atoms with Gasteiger partial charge in [-0.2, -0.15) is 0 Å². The maximum Gasteiger partial charge on any atom is 0.120 e. The monoisotopic (exact) mass is 219 g/mol. The van der Waals surface area contributed by atoms with Crippen LogP contribution in [0.3, 0.4) is 0 Å². The van der Waals surface area contributed by atoms with E-state index >= 15 is 0 Å². The zero-order valence-corrected chi connectivity index (χ0v) is 9.64. The first-order chi connectivity index (χ1) is 7.77. The van der Waals surface area contributed by atoms with Crippen LogP contribution in [0.15, 0.2) is 24.9 Å². The summed E-state index contributed by atoms with van der Waals surface area (Å²) in [5.41, 5.74) is 1.20. The third kappa shape index (κ3) is 2.49. The van der Waals surface area contributed by atoms with E-state index in [1.807, 2.05) is 18.7 Å². The molecule has 0 fully saturated rings. The van der Waals surface area contributed by atoms with Gasteiger partial charge in [-0.25, -0.2) is 9.97 Å². The summed E-state index contributed by atoms with van der Waals surface area (Å²) < 4.78 is 2.16. The van der Waals surface area contributed by atoms with Gasteiger partial charge in [-0.3, -0.25) is 0 Å². The van der Waals surface area contributed by atoms with E-state index < -0.39 is 0 Å². The van der Waals surface area contributed by atoms with Crippen LogP contribution < -0.4 is 5.32 Å². The zero-order chi connectivity index (χ0) is 11.4. The van der Waals surface area contributed by atoms with Crippen molar-refractivity contribution in [3.8, 4) is 0 Å². The predicted octanol–water partition coefficient (Wildman–Crippen LogP) is 1.48. The van der Waals surface area contributed by atoms with Crippen molar-refractivity contribution in [3.05, 3.63) is 36.4 Å². The van der Waals surface area contributed by atoms with Crippen molar-refractivity contribution in [2.24, 2.45) is 0 Å². The molecule has 2 N–H and O–H groups in total. The summed E-state index contributed by atoms with van der Waals surface area (Å²) in [4.78, 5) is 11.4. The van der Waals surface area contributed by atoms with Crippen LogP contribution in [0.1, 0.15) is 31.4 Å². The maximum absolute atomic E-state index is 4.16. The van der Waals surface area contributed by atoms with Gasteiger partial charge in [0.05, 0.1) is 18.6 Å². The average Bonchev–Trinajstić information content (AvgIpc) is 2.87. The molecule has 0 amide bonds. The first kappa shape index (κ1) is 10.9. The number of hydrogen-bond acceptors (Lipinski definition) is 3.